The smallest absolute Gasteiger partial charge is 0.329 e. The molecule has 2 fully saturated rings. The van der Waals surface area contributed by atoms with E-state index in [0.29, 0.717) is 24.3 Å². The quantitative estimate of drug-likeness (QED) is 0.248. The highest BCUT2D eigenvalue weighted by Gasteiger charge is 2.40. The van der Waals surface area contributed by atoms with Crippen molar-refractivity contribution < 1.29 is 26.3 Å². The van der Waals surface area contributed by atoms with Crippen molar-refractivity contribution in [1.29, 1.82) is 0 Å². The molecule has 0 N–H and O–H groups in total. The van der Waals surface area contributed by atoms with E-state index < -0.39 is 23.5 Å². The number of rotatable bonds is 9. The zero-order chi connectivity index (χ0) is 30.0. The summed E-state index contributed by atoms with van der Waals surface area (Å²) in [4.78, 5) is 10.1. The van der Waals surface area contributed by atoms with E-state index in [4.69, 9.17) is 4.98 Å². The summed E-state index contributed by atoms with van der Waals surface area (Å²) in [6.45, 7) is 2.20. The number of hydrogen-bond donors (Lipinski definition) is 0. The van der Waals surface area contributed by atoms with Crippen LogP contribution in [0.15, 0.2) is 24.3 Å². The van der Waals surface area contributed by atoms with E-state index in [1.807, 2.05) is 20.0 Å². The van der Waals surface area contributed by atoms with Crippen LogP contribution >= 0.6 is 0 Å². The summed E-state index contributed by atoms with van der Waals surface area (Å²) in [5, 5.41) is 17.4. The summed E-state index contributed by atoms with van der Waals surface area (Å²) >= 11 is 0. The number of benzene rings is 1. The van der Waals surface area contributed by atoms with Gasteiger partial charge in [-0.2, -0.15) is 36.2 Å². The van der Waals surface area contributed by atoms with Crippen molar-refractivity contribution in [2.45, 2.75) is 76.7 Å². The summed E-state index contributed by atoms with van der Waals surface area (Å²) in [7, 11) is 3.34. The summed E-state index contributed by atoms with van der Waals surface area (Å²) in [5.41, 5.74) is 0.0619. The number of nitrogens with zero attached hydrogens (tertiary/aromatic N) is 9. The lowest BCUT2D eigenvalue weighted by molar-refractivity contribution is -0.143. The number of hydrogen-bond acceptors (Lipinski definition) is 7. The topological polar surface area (TPSA) is 80.8 Å². The Morgan fingerprint density at radius 3 is 1.98 bits per heavy atom. The first-order valence-corrected chi connectivity index (χ1v) is 13.6. The fourth-order valence-electron chi connectivity index (χ4n) is 5.37. The van der Waals surface area contributed by atoms with Gasteiger partial charge in [0, 0.05) is 44.2 Å². The zero-order valence-corrected chi connectivity index (χ0v) is 23.2. The summed E-state index contributed by atoms with van der Waals surface area (Å²) in [6.07, 6.45) is -5.45. The van der Waals surface area contributed by atoms with Crippen molar-refractivity contribution in [3.63, 3.8) is 0 Å². The SMILES string of the molecule is Cc1nn(C)c2nc(CN(C3CC3)C3CC3)c(CN(Cc3cc(C(F)(F)F)cc(C(F)(F)F)c3)c3nnn(C)n3)cc12. The van der Waals surface area contributed by atoms with Crippen molar-refractivity contribution in [3.05, 3.63) is 57.9 Å². The van der Waals surface area contributed by atoms with Crippen LogP contribution in [0.3, 0.4) is 0 Å². The van der Waals surface area contributed by atoms with E-state index in [2.05, 4.69) is 25.4 Å². The molecule has 15 heteroatoms. The molecule has 0 saturated heterocycles. The molecule has 6 rings (SSSR count). The lowest BCUT2D eigenvalue weighted by Crippen LogP contribution is -2.30. The van der Waals surface area contributed by atoms with E-state index in [0.717, 1.165) is 60.2 Å². The first-order valence-electron chi connectivity index (χ1n) is 13.6. The molecule has 2 saturated carbocycles. The van der Waals surface area contributed by atoms with Gasteiger partial charge in [0.2, 0.25) is 0 Å². The van der Waals surface area contributed by atoms with Gasteiger partial charge in [0.15, 0.2) is 5.65 Å². The van der Waals surface area contributed by atoms with Crippen LogP contribution in [0.2, 0.25) is 0 Å². The molecule has 9 nitrogen and oxygen atoms in total. The number of alkyl halides is 6. The number of aryl methyl sites for hydroxylation is 3. The van der Waals surface area contributed by atoms with Crippen LogP contribution < -0.4 is 4.90 Å². The van der Waals surface area contributed by atoms with Crippen LogP contribution in [0.4, 0.5) is 32.3 Å². The first kappa shape index (κ1) is 28.4. The molecule has 2 aliphatic carbocycles. The second-order valence-electron chi connectivity index (χ2n) is 11.2. The molecule has 0 amide bonds. The van der Waals surface area contributed by atoms with Crippen molar-refractivity contribution >= 4 is 17.0 Å². The van der Waals surface area contributed by atoms with Crippen molar-refractivity contribution in [2.24, 2.45) is 14.1 Å². The van der Waals surface area contributed by atoms with E-state index in [1.54, 1.807) is 4.68 Å². The number of anilines is 1. The molecule has 2 aliphatic rings. The molecular weight excluding hydrogens is 564 g/mol. The molecule has 3 aromatic heterocycles. The fourth-order valence-corrected chi connectivity index (χ4v) is 5.37. The van der Waals surface area contributed by atoms with Crippen LogP contribution in [0, 0.1) is 6.92 Å². The first-order chi connectivity index (χ1) is 19.8. The number of fused-ring (bicyclic) bond motifs is 1. The Morgan fingerprint density at radius 1 is 0.833 bits per heavy atom. The molecule has 42 heavy (non-hydrogen) atoms. The van der Waals surface area contributed by atoms with Gasteiger partial charge in [0.25, 0.3) is 5.95 Å². The monoisotopic (exact) mass is 593 g/mol. The lowest BCUT2D eigenvalue weighted by Gasteiger charge is -2.26. The fraction of sp³-hybridized carbons (Fsp3) is 0.519. The molecule has 0 bridgehead atoms. The molecule has 4 aromatic rings. The van der Waals surface area contributed by atoms with Crippen molar-refractivity contribution in [2.75, 3.05) is 4.90 Å². The number of aromatic nitrogens is 7. The third-order valence-corrected chi connectivity index (χ3v) is 7.69. The number of tetrazole rings is 1. The Hall–Kier alpha value is -3.75. The average molecular weight is 594 g/mol. The van der Waals surface area contributed by atoms with E-state index >= 15 is 0 Å². The number of halogens is 6. The minimum atomic E-state index is -4.96. The van der Waals surface area contributed by atoms with E-state index in [-0.39, 0.29) is 30.7 Å². The van der Waals surface area contributed by atoms with Crippen molar-refractivity contribution in [3.8, 4) is 0 Å². The maximum atomic E-state index is 13.6. The summed E-state index contributed by atoms with van der Waals surface area (Å²) in [6, 6.07) is 4.51. The van der Waals surface area contributed by atoms with Gasteiger partial charge in [0.05, 0.1) is 29.6 Å². The maximum absolute atomic E-state index is 13.6. The Kier molecular flexibility index (Phi) is 6.90. The van der Waals surface area contributed by atoms with Gasteiger partial charge < -0.3 is 4.90 Å². The molecule has 0 aliphatic heterocycles. The molecule has 224 valence electrons. The van der Waals surface area contributed by atoms with Crippen LogP contribution in [-0.2, 0) is 46.1 Å². The van der Waals surface area contributed by atoms with Gasteiger partial charge in [-0.05, 0) is 73.2 Å². The van der Waals surface area contributed by atoms with Gasteiger partial charge in [-0.25, -0.2) is 4.98 Å². The van der Waals surface area contributed by atoms with Gasteiger partial charge >= 0.3 is 12.4 Å². The van der Waals surface area contributed by atoms with Gasteiger partial charge in [-0.15, -0.1) is 5.10 Å². The Bertz CT molecular complexity index is 1570. The van der Waals surface area contributed by atoms with E-state index in [1.165, 1.54) is 16.7 Å². The lowest BCUT2D eigenvalue weighted by atomic mass is 10.0. The predicted octanol–water partition coefficient (Wildman–Crippen LogP) is 5.17. The third-order valence-electron chi connectivity index (χ3n) is 7.69. The van der Waals surface area contributed by atoms with Gasteiger partial charge in [0.1, 0.15) is 0 Å². The normalized spacial score (nSPS) is 16.1. The van der Waals surface area contributed by atoms with Crippen molar-refractivity contribution in [1.82, 2.24) is 39.9 Å². The summed E-state index contributed by atoms with van der Waals surface area (Å²) in [5.74, 6) is 0.0682. The predicted molar refractivity (Wildman–Crippen MR) is 140 cm³/mol. The number of pyridine rings is 1. The largest absolute Gasteiger partial charge is 0.416 e. The molecule has 0 spiro atoms. The third kappa shape index (κ3) is 5.92. The van der Waals surface area contributed by atoms with Gasteiger partial charge in [-0.3, -0.25) is 9.58 Å². The Morgan fingerprint density at radius 2 is 1.45 bits per heavy atom. The van der Waals surface area contributed by atoms with Crippen LogP contribution in [-0.4, -0.2) is 52.0 Å². The minimum Gasteiger partial charge on any atom is -0.329 e. The minimum absolute atomic E-state index is 0.0682. The highest BCUT2D eigenvalue weighted by Crippen LogP contribution is 2.39. The second-order valence-corrected chi connectivity index (χ2v) is 11.2. The molecule has 1 aromatic carbocycles. The van der Waals surface area contributed by atoms with Crippen LogP contribution in [0.25, 0.3) is 11.0 Å². The summed E-state index contributed by atoms with van der Waals surface area (Å²) < 4.78 is 83.4. The average Bonchev–Trinajstić information content (AvgIpc) is 3.84. The maximum Gasteiger partial charge on any atom is 0.416 e. The highest BCUT2D eigenvalue weighted by molar-refractivity contribution is 5.79. The highest BCUT2D eigenvalue weighted by atomic mass is 19.4. The molecule has 3 heterocycles. The molecule has 0 unspecified atom stereocenters. The van der Waals surface area contributed by atoms with Crippen LogP contribution in [0.1, 0.15) is 59.3 Å². The standard InChI is InChI=1S/C27H29F6N9/c1-15-22-10-17(23(34-24(22)39(2)36-15)14-42(20-4-5-20)21-6-7-21)13-41(25-35-38-40(3)37-25)12-16-8-18(26(28,29)30)11-19(9-16)27(31,32)33/h8-11,20-21H,4-7,12-14H2,1-3H3. The van der Waals surface area contributed by atoms with E-state index in [9.17, 15) is 26.3 Å². The second kappa shape index (κ2) is 10.2. The Balaban J connectivity index is 1.42. The Labute approximate surface area is 237 Å². The van der Waals surface area contributed by atoms with Gasteiger partial charge in [-0.1, -0.05) is 5.10 Å². The van der Waals surface area contributed by atoms with Crippen LogP contribution in [0.5, 0.6) is 0 Å². The molecular formula is C27H29F6N9. The zero-order valence-electron chi connectivity index (χ0n) is 23.2. The molecule has 0 radical (unpaired) electrons. The molecule has 0 atom stereocenters.